The van der Waals surface area contributed by atoms with Crippen molar-refractivity contribution >= 4 is 0 Å². The van der Waals surface area contributed by atoms with Gasteiger partial charge in [0.15, 0.2) is 0 Å². The summed E-state index contributed by atoms with van der Waals surface area (Å²) in [6.07, 6.45) is 17.8. The molecule has 3 rings (SSSR count). The molecule has 0 bridgehead atoms. The first kappa shape index (κ1) is 20.2. The van der Waals surface area contributed by atoms with Crippen LogP contribution in [-0.4, -0.2) is 0 Å². The SMILES string of the molecule is CC1CCCC1.CC1CCCC1.CC1CCCC1.[Er]. The third kappa shape index (κ3) is 11.6. The standard InChI is InChI=1S/3C6H12.Er/c3*1-6-4-2-3-5-6;/h3*6H,2-5H2,1H3;. The molecule has 3 aliphatic rings. The van der Waals surface area contributed by atoms with Gasteiger partial charge in [0, 0.05) is 37.3 Å². The minimum absolute atomic E-state index is 0. The Morgan fingerprint density at radius 1 is 0.421 bits per heavy atom. The summed E-state index contributed by atoms with van der Waals surface area (Å²) in [5.41, 5.74) is 0. The van der Waals surface area contributed by atoms with Crippen LogP contribution in [0.2, 0.25) is 0 Å². The third-order valence-corrected chi connectivity index (χ3v) is 4.93. The second-order valence-electron chi connectivity index (χ2n) is 7.17. The molecule has 3 saturated carbocycles. The molecule has 0 aromatic heterocycles. The van der Waals surface area contributed by atoms with Crippen LogP contribution in [0, 0.1) is 55.1 Å². The molecule has 0 nitrogen and oxygen atoms in total. The van der Waals surface area contributed by atoms with E-state index in [2.05, 4.69) is 20.8 Å². The van der Waals surface area contributed by atoms with Crippen molar-refractivity contribution < 1.29 is 37.3 Å². The average molecular weight is 420 g/mol. The summed E-state index contributed by atoms with van der Waals surface area (Å²) in [6, 6.07) is 0. The topological polar surface area (TPSA) is 0 Å². The van der Waals surface area contributed by atoms with Crippen LogP contribution in [0.4, 0.5) is 0 Å². The maximum absolute atomic E-state index is 2.34. The molecule has 0 aromatic carbocycles. The molecular formula is C18H36Er. The molecule has 3 aliphatic carbocycles. The molecule has 0 N–H and O–H groups in total. The van der Waals surface area contributed by atoms with Crippen LogP contribution >= 0.6 is 0 Å². The molecule has 3 fully saturated rings. The van der Waals surface area contributed by atoms with Crippen molar-refractivity contribution in [3.8, 4) is 0 Å². The van der Waals surface area contributed by atoms with Crippen LogP contribution < -0.4 is 0 Å². The quantitative estimate of drug-likeness (QED) is 0.415. The number of hydrogen-bond acceptors (Lipinski definition) is 0. The Morgan fingerprint density at radius 3 is 0.632 bits per heavy atom. The Bertz CT molecular complexity index is 139. The van der Waals surface area contributed by atoms with Gasteiger partial charge in [-0.3, -0.25) is 0 Å². The van der Waals surface area contributed by atoms with Crippen LogP contribution in [0.25, 0.3) is 0 Å². The van der Waals surface area contributed by atoms with Crippen molar-refractivity contribution in [3.05, 3.63) is 0 Å². The van der Waals surface area contributed by atoms with Crippen LogP contribution in [-0.2, 0) is 0 Å². The molecule has 19 heavy (non-hydrogen) atoms. The summed E-state index contributed by atoms with van der Waals surface area (Å²) in [6.45, 7) is 7.02. The predicted molar refractivity (Wildman–Crippen MR) is 82.9 cm³/mol. The monoisotopic (exact) mass is 418 g/mol. The van der Waals surface area contributed by atoms with E-state index in [0.717, 1.165) is 17.8 Å². The summed E-state index contributed by atoms with van der Waals surface area (Å²) < 4.78 is 0. The van der Waals surface area contributed by atoms with Gasteiger partial charge in [0.25, 0.3) is 0 Å². The molecule has 0 aliphatic heterocycles. The van der Waals surface area contributed by atoms with Crippen molar-refractivity contribution in [1.29, 1.82) is 0 Å². The third-order valence-electron chi connectivity index (χ3n) is 4.93. The van der Waals surface area contributed by atoms with E-state index < -0.39 is 0 Å². The van der Waals surface area contributed by atoms with Crippen molar-refractivity contribution in [2.45, 2.75) is 97.8 Å². The average Bonchev–Trinajstić information content (AvgIpc) is 3.05. The molecule has 0 atom stereocenters. The second kappa shape index (κ2) is 12.9. The first-order chi connectivity index (χ1) is 8.68. The van der Waals surface area contributed by atoms with E-state index >= 15 is 0 Å². The van der Waals surface area contributed by atoms with Gasteiger partial charge >= 0.3 is 0 Å². The van der Waals surface area contributed by atoms with E-state index in [1.807, 2.05) is 0 Å². The van der Waals surface area contributed by atoms with E-state index in [4.69, 9.17) is 0 Å². The fraction of sp³-hybridized carbons (Fsp3) is 1.00. The smallest absolute Gasteiger partial charge is 0 e. The van der Waals surface area contributed by atoms with Crippen molar-refractivity contribution in [2.75, 3.05) is 0 Å². The van der Waals surface area contributed by atoms with Gasteiger partial charge in [-0.1, -0.05) is 97.8 Å². The summed E-state index contributed by atoms with van der Waals surface area (Å²) in [7, 11) is 0. The van der Waals surface area contributed by atoms with Gasteiger partial charge in [-0.05, 0) is 17.8 Å². The van der Waals surface area contributed by atoms with Crippen LogP contribution in [0.3, 0.4) is 0 Å². The Kier molecular flexibility index (Phi) is 13.8. The molecule has 120 valence electrons. The Balaban J connectivity index is 0.000000249. The summed E-state index contributed by atoms with van der Waals surface area (Å²) in [5, 5.41) is 0. The fourth-order valence-corrected chi connectivity index (χ4v) is 3.39. The molecule has 0 saturated heterocycles. The fourth-order valence-electron chi connectivity index (χ4n) is 3.39. The molecule has 0 heterocycles. The summed E-state index contributed by atoms with van der Waals surface area (Å²) >= 11 is 0. The Labute approximate surface area is 152 Å². The van der Waals surface area contributed by atoms with E-state index in [0.29, 0.717) is 0 Å². The van der Waals surface area contributed by atoms with Gasteiger partial charge in [-0.2, -0.15) is 0 Å². The first-order valence-electron chi connectivity index (χ1n) is 8.68. The van der Waals surface area contributed by atoms with E-state index in [1.54, 1.807) is 0 Å². The van der Waals surface area contributed by atoms with Crippen molar-refractivity contribution in [1.82, 2.24) is 0 Å². The maximum atomic E-state index is 2.34. The van der Waals surface area contributed by atoms with E-state index in [1.165, 1.54) is 77.0 Å². The zero-order chi connectivity index (χ0) is 13.2. The van der Waals surface area contributed by atoms with Crippen LogP contribution in [0.15, 0.2) is 0 Å². The van der Waals surface area contributed by atoms with Crippen LogP contribution in [0.1, 0.15) is 97.8 Å². The van der Waals surface area contributed by atoms with Crippen LogP contribution in [0.5, 0.6) is 0 Å². The van der Waals surface area contributed by atoms with Crippen molar-refractivity contribution in [2.24, 2.45) is 17.8 Å². The molecular weight excluding hydrogens is 383 g/mol. The molecule has 0 amide bonds. The zero-order valence-electron chi connectivity index (χ0n) is 13.5. The minimum Gasteiger partial charge on any atom is -0.0625 e. The van der Waals surface area contributed by atoms with Gasteiger partial charge < -0.3 is 0 Å². The number of rotatable bonds is 0. The molecule has 0 aromatic rings. The number of hydrogen-bond donors (Lipinski definition) is 0. The summed E-state index contributed by atoms with van der Waals surface area (Å²) in [4.78, 5) is 0. The van der Waals surface area contributed by atoms with E-state index in [-0.39, 0.29) is 37.3 Å². The Morgan fingerprint density at radius 2 is 0.579 bits per heavy atom. The zero-order valence-corrected chi connectivity index (χ0v) is 15.4. The molecule has 0 radical (unpaired) electrons. The maximum Gasteiger partial charge on any atom is 0 e. The normalized spacial score (nSPS) is 24.2. The van der Waals surface area contributed by atoms with Gasteiger partial charge in [-0.25, -0.2) is 0 Å². The van der Waals surface area contributed by atoms with Gasteiger partial charge in [-0.15, -0.1) is 0 Å². The predicted octanol–water partition coefficient (Wildman–Crippen LogP) is 6.59. The van der Waals surface area contributed by atoms with Gasteiger partial charge in [0.2, 0.25) is 0 Å². The van der Waals surface area contributed by atoms with Crippen molar-refractivity contribution in [3.63, 3.8) is 0 Å². The molecule has 0 unspecified atom stereocenters. The minimum atomic E-state index is 0. The second-order valence-corrected chi connectivity index (χ2v) is 7.17. The van der Waals surface area contributed by atoms with Gasteiger partial charge in [0.05, 0.1) is 0 Å². The first-order valence-corrected chi connectivity index (χ1v) is 8.68. The molecule has 0 spiro atoms. The Hall–Kier alpha value is 1.25. The summed E-state index contributed by atoms with van der Waals surface area (Å²) in [5.74, 6) is 3.14. The largest absolute Gasteiger partial charge is 0.0625 e. The molecule has 1 heteroatoms. The van der Waals surface area contributed by atoms with E-state index in [9.17, 15) is 0 Å². The van der Waals surface area contributed by atoms with Gasteiger partial charge in [0.1, 0.15) is 0 Å².